The second-order valence-corrected chi connectivity index (χ2v) is 2.72. The zero-order valence-corrected chi connectivity index (χ0v) is 8.50. The summed E-state index contributed by atoms with van der Waals surface area (Å²) in [4.78, 5) is 0. The molecule has 0 radical (unpaired) electrons. The van der Waals surface area contributed by atoms with Crippen LogP contribution >= 0.6 is 0 Å². The fraction of sp³-hybridized carbons (Fsp3) is 0.600. The molecule has 0 atom stereocenters. The van der Waals surface area contributed by atoms with Gasteiger partial charge in [0.05, 0.1) is 18.5 Å². The maximum atomic E-state index is 5.40. The third-order valence-corrected chi connectivity index (χ3v) is 1.95. The Balaban J connectivity index is 0.000000396. The van der Waals surface area contributed by atoms with Crippen molar-refractivity contribution in [3.8, 4) is 5.75 Å². The minimum absolute atomic E-state index is 0.818. The van der Waals surface area contributed by atoms with E-state index in [1.807, 2.05) is 20.8 Å². The molecule has 0 bridgehead atoms. The second-order valence-electron chi connectivity index (χ2n) is 2.72. The van der Waals surface area contributed by atoms with Gasteiger partial charge in [-0.15, -0.1) is 0 Å². The Morgan fingerprint density at radius 2 is 2.15 bits per heavy atom. The molecule has 0 saturated carbocycles. The molecule has 0 N–H and O–H groups in total. The number of nitrogens with zero attached hydrogens (tertiary/aromatic N) is 2. The number of aromatic nitrogens is 2. The van der Waals surface area contributed by atoms with Gasteiger partial charge in [0, 0.05) is 5.56 Å². The standard InChI is InChI=1S/C8H10N2O.C2H6/c1-6-7-3-2-4-11-8(7)5-9-10-6;1-2/h5H,2-4H2,1H3;1-2H3. The molecule has 0 saturated heterocycles. The number of hydrogen-bond donors (Lipinski definition) is 0. The summed E-state index contributed by atoms with van der Waals surface area (Å²) in [6.07, 6.45) is 3.87. The first-order chi connectivity index (χ1) is 6.38. The van der Waals surface area contributed by atoms with E-state index in [1.165, 1.54) is 5.56 Å². The van der Waals surface area contributed by atoms with Crippen LogP contribution in [0.15, 0.2) is 6.20 Å². The SMILES string of the molecule is CC.Cc1nncc2c1CCCO2. The minimum atomic E-state index is 0.818. The van der Waals surface area contributed by atoms with Crippen LogP contribution in [0.25, 0.3) is 0 Å². The van der Waals surface area contributed by atoms with Crippen molar-refractivity contribution in [3.63, 3.8) is 0 Å². The average Bonchev–Trinajstić information content (AvgIpc) is 2.22. The molecular formula is C10H16N2O. The van der Waals surface area contributed by atoms with E-state index >= 15 is 0 Å². The third kappa shape index (κ3) is 2.17. The van der Waals surface area contributed by atoms with Gasteiger partial charge in [-0.3, -0.25) is 0 Å². The lowest BCUT2D eigenvalue weighted by atomic mass is 10.1. The van der Waals surface area contributed by atoms with Gasteiger partial charge in [-0.05, 0) is 19.8 Å². The fourth-order valence-electron chi connectivity index (χ4n) is 1.34. The molecule has 2 rings (SSSR count). The van der Waals surface area contributed by atoms with Crippen molar-refractivity contribution in [2.75, 3.05) is 6.61 Å². The number of aryl methyl sites for hydroxylation is 1. The Morgan fingerprint density at radius 1 is 1.38 bits per heavy atom. The van der Waals surface area contributed by atoms with E-state index in [-0.39, 0.29) is 0 Å². The summed E-state index contributed by atoms with van der Waals surface area (Å²) in [5.41, 5.74) is 2.23. The molecule has 13 heavy (non-hydrogen) atoms. The van der Waals surface area contributed by atoms with E-state index in [2.05, 4.69) is 10.2 Å². The summed E-state index contributed by atoms with van der Waals surface area (Å²) < 4.78 is 5.40. The molecule has 1 aromatic heterocycles. The number of hydrogen-bond acceptors (Lipinski definition) is 3. The predicted octanol–water partition coefficient (Wildman–Crippen LogP) is 2.14. The zero-order chi connectivity index (χ0) is 9.68. The van der Waals surface area contributed by atoms with E-state index in [0.717, 1.165) is 30.9 Å². The molecule has 72 valence electrons. The van der Waals surface area contributed by atoms with E-state index in [1.54, 1.807) is 6.20 Å². The van der Waals surface area contributed by atoms with Crippen molar-refractivity contribution in [2.24, 2.45) is 0 Å². The highest BCUT2D eigenvalue weighted by Gasteiger charge is 2.12. The Hall–Kier alpha value is -1.12. The van der Waals surface area contributed by atoms with Crippen molar-refractivity contribution >= 4 is 0 Å². The van der Waals surface area contributed by atoms with Crippen LogP contribution < -0.4 is 4.74 Å². The first kappa shape index (κ1) is 9.96. The van der Waals surface area contributed by atoms with Gasteiger partial charge in [-0.25, -0.2) is 0 Å². The number of fused-ring (bicyclic) bond motifs is 1. The van der Waals surface area contributed by atoms with Gasteiger partial charge in [0.25, 0.3) is 0 Å². The van der Waals surface area contributed by atoms with Gasteiger partial charge in [0.2, 0.25) is 0 Å². The van der Waals surface area contributed by atoms with Crippen molar-refractivity contribution in [2.45, 2.75) is 33.6 Å². The highest BCUT2D eigenvalue weighted by Crippen LogP contribution is 2.24. The highest BCUT2D eigenvalue weighted by molar-refractivity contribution is 5.34. The molecule has 0 aromatic carbocycles. The molecule has 0 aliphatic carbocycles. The first-order valence-corrected chi connectivity index (χ1v) is 4.82. The minimum Gasteiger partial charge on any atom is -0.492 e. The van der Waals surface area contributed by atoms with Crippen LogP contribution in [0.2, 0.25) is 0 Å². The van der Waals surface area contributed by atoms with Crippen LogP contribution in [0.4, 0.5) is 0 Å². The normalized spacial score (nSPS) is 13.5. The second kappa shape index (κ2) is 4.80. The molecule has 3 nitrogen and oxygen atoms in total. The largest absolute Gasteiger partial charge is 0.492 e. The molecule has 3 heteroatoms. The zero-order valence-electron chi connectivity index (χ0n) is 8.50. The van der Waals surface area contributed by atoms with Gasteiger partial charge in [-0.2, -0.15) is 10.2 Å². The van der Waals surface area contributed by atoms with Gasteiger partial charge in [0.1, 0.15) is 5.75 Å². The molecule has 0 amide bonds. The van der Waals surface area contributed by atoms with Gasteiger partial charge < -0.3 is 4.74 Å². The lowest BCUT2D eigenvalue weighted by Crippen LogP contribution is -2.11. The summed E-state index contributed by atoms with van der Waals surface area (Å²) in [6, 6.07) is 0. The Bertz CT molecular complexity index is 274. The molecule has 1 aromatic rings. The Kier molecular flexibility index (Phi) is 3.68. The third-order valence-electron chi connectivity index (χ3n) is 1.95. The summed E-state index contributed by atoms with van der Waals surface area (Å²) in [6.45, 7) is 6.79. The highest BCUT2D eigenvalue weighted by atomic mass is 16.5. The van der Waals surface area contributed by atoms with Crippen LogP contribution in [0.3, 0.4) is 0 Å². The quantitative estimate of drug-likeness (QED) is 0.613. The summed E-state index contributed by atoms with van der Waals surface area (Å²) in [7, 11) is 0. The maximum Gasteiger partial charge on any atom is 0.144 e. The average molecular weight is 180 g/mol. The van der Waals surface area contributed by atoms with Crippen molar-refractivity contribution < 1.29 is 4.74 Å². The topological polar surface area (TPSA) is 35.0 Å². The van der Waals surface area contributed by atoms with Gasteiger partial charge in [-0.1, -0.05) is 13.8 Å². The molecule has 0 fully saturated rings. The number of rotatable bonds is 0. The molecule has 0 spiro atoms. The summed E-state index contributed by atoms with van der Waals surface area (Å²) in [5, 5.41) is 7.78. The molecule has 1 aliphatic heterocycles. The molecule has 0 unspecified atom stereocenters. The predicted molar refractivity (Wildman–Crippen MR) is 51.9 cm³/mol. The smallest absolute Gasteiger partial charge is 0.144 e. The van der Waals surface area contributed by atoms with Crippen LogP contribution in [0.5, 0.6) is 5.75 Å². The lowest BCUT2D eigenvalue weighted by Gasteiger charge is -2.16. The van der Waals surface area contributed by atoms with Crippen LogP contribution in [0.1, 0.15) is 31.5 Å². The van der Waals surface area contributed by atoms with Crippen molar-refractivity contribution in [1.29, 1.82) is 0 Å². The monoisotopic (exact) mass is 180 g/mol. The van der Waals surface area contributed by atoms with E-state index in [0.29, 0.717) is 0 Å². The van der Waals surface area contributed by atoms with E-state index < -0.39 is 0 Å². The Morgan fingerprint density at radius 3 is 2.85 bits per heavy atom. The van der Waals surface area contributed by atoms with Crippen LogP contribution in [0, 0.1) is 6.92 Å². The van der Waals surface area contributed by atoms with Crippen LogP contribution in [-0.4, -0.2) is 16.8 Å². The molecular weight excluding hydrogens is 164 g/mol. The maximum absolute atomic E-state index is 5.40. The van der Waals surface area contributed by atoms with Gasteiger partial charge in [0.15, 0.2) is 0 Å². The summed E-state index contributed by atoms with van der Waals surface area (Å²) >= 11 is 0. The van der Waals surface area contributed by atoms with E-state index in [4.69, 9.17) is 4.74 Å². The van der Waals surface area contributed by atoms with Crippen molar-refractivity contribution in [1.82, 2.24) is 10.2 Å². The van der Waals surface area contributed by atoms with E-state index in [9.17, 15) is 0 Å². The van der Waals surface area contributed by atoms with Gasteiger partial charge >= 0.3 is 0 Å². The fourth-order valence-corrected chi connectivity index (χ4v) is 1.34. The van der Waals surface area contributed by atoms with Crippen molar-refractivity contribution in [3.05, 3.63) is 17.5 Å². The number of ether oxygens (including phenoxy) is 1. The lowest BCUT2D eigenvalue weighted by molar-refractivity contribution is 0.285. The molecule has 2 heterocycles. The Labute approximate surface area is 79.1 Å². The summed E-state index contributed by atoms with van der Waals surface area (Å²) in [5.74, 6) is 0.920. The van der Waals surface area contributed by atoms with Crippen LogP contribution in [-0.2, 0) is 6.42 Å². The molecule has 1 aliphatic rings. The first-order valence-electron chi connectivity index (χ1n) is 4.82.